The third-order valence-electron chi connectivity index (χ3n) is 4.37. The Morgan fingerprint density at radius 3 is 2.72 bits per heavy atom. The molecule has 3 rings (SSSR count). The van der Waals surface area contributed by atoms with Crippen molar-refractivity contribution in [2.24, 2.45) is 7.05 Å². The molecule has 0 bridgehead atoms. The fourth-order valence-corrected chi connectivity index (χ4v) is 3.69. The van der Waals surface area contributed by atoms with E-state index in [9.17, 15) is 4.79 Å². The van der Waals surface area contributed by atoms with Gasteiger partial charge < -0.3 is 20.1 Å². The molecule has 0 radical (unpaired) electrons. The van der Waals surface area contributed by atoms with Crippen molar-refractivity contribution < 1.29 is 4.79 Å². The van der Waals surface area contributed by atoms with Gasteiger partial charge in [-0.3, -0.25) is 0 Å². The Morgan fingerprint density at radius 2 is 2.00 bits per heavy atom. The SMILES string of the molecule is CN(C)[C@H](CNC(=O)NCc1cccs1)c1cn(C)c2ccccc12. The highest BCUT2D eigenvalue weighted by Gasteiger charge is 2.19. The third kappa shape index (κ3) is 4.03. The topological polar surface area (TPSA) is 49.3 Å². The number of hydrogen-bond donors (Lipinski definition) is 2. The summed E-state index contributed by atoms with van der Waals surface area (Å²) >= 11 is 1.64. The highest BCUT2D eigenvalue weighted by Crippen LogP contribution is 2.28. The van der Waals surface area contributed by atoms with Gasteiger partial charge in [-0.25, -0.2) is 4.79 Å². The van der Waals surface area contributed by atoms with E-state index in [2.05, 4.69) is 51.5 Å². The predicted octanol–water partition coefficient (Wildman–Crippen LogP) is 3.34. The average Bonchev–Trinajstić information content (AvgIpc) is 3.22. The lowest BCUT2D eigenvalue weighted by Gasteiger charge is -2.24. The molecule has 0 aliphatic carbocycles. The van der Waals surface area contributed by atoms with Crippen LogP contribution in [-0.2, 0) is 13.6 Å². The number of urea groups is 1. The number of aryl methyl sites for hydroxylation is 1. The minimum Gasteiger partial charge on any atom is -0.350 e. The van der Waals surface area contributed by atoms with Crippen LogP contribution in [0.2, 0.25) is 0 Å². The second-order valence-corrected chi connectivity index (χ2v) is 7.37. The number of hydrogen-bond acceptors (Lipinski definition) is 3. The second-order valence-electron chi connectivity index (χ2n) is 6.33. The van der Waals surface area contributed by atoms with Crippen molar-refractivity contribution in [3.05, 3.63) is 58.4 Å². The number of amides is 2. The lowest BCUT2D eigenvalue weighted by atomic mass is 10.0. The molecule has 3 aromatic rings. The maximum absolute atomic E-state index is 12.1. The van der Waals surface area contributed by atoms with E-state index < -0.39 is 0 Å². The van der Waals surface area contributed by atoms with Crippen LogP contribution in [0.3, 0.4) is 0 Å². The number of benzene rings is 1. The van der Waals surface area contributed by atoms with Crippen molar-refractivity contribution in [1.82, 2.24) is 20.1 Å². The molecule has 2 amide bonds. The van der Waals surface area contributed by atoms with Crippen molar-refractivity contribution in [3.8, 4) is 0 Å². The van der Waals surface area contributed by atoms with Gasteiger partial charge in [-0.2, -0.15) is 0 Å². The van der Waals surface area contributed by atoms with E-state index in [1.165, 1.54) is 16.5 Å². The van der Waals surface area contributed by atoms with Gasteiger partial charge in [0.15, 0.2) is 0 Å². The number of para-hydroxylation sites is 1. The van der Waals surface area contributed by atoms with Gasteiger partial charge >= 0.3 is 6.03 Å². The van der Waals surface area contributed by atoms with Crippen LogP contribution in [0.15, 0.2) is 48.0 Å². The second kappa shape index (κ2) is 7.72. The first-order valence-corrected chi connectivity index (χ1v) is 9.18. The van der Waals surface area contributed by atoms with E-state index in [-0.39, 0.29) is 12.1 Å². The summed E-state index contributed by atoms with van der Waals surface area (Å²) in [5.41, 5.74) is 2.42. The number of thiophene rings is 1. The first-order chi connectivity index (χ1) is 12.1. The van der Waals surface area contributed by atoms with Crippen LogP contribution in [-0.4, -0.2) is 36.1 Å². The van der Waals surface area contributed by atoms with Crippen LogP contribution < -0.4 is 10.6 Å². The van der Waals surface area contributed by atoms with Gasteiger partial charge in [0.05, 0.1) is 12.6 Å². The quantitative estimate of drug-likeness (QED) is 0.712. The summed E-state index contributed by atoms with van der Waals surface area (Å²) in [5.74, 6) is 0. The van der Waals surface area contributed by atoms with Crippen molar-refractivity contribution in [3.63, 3.8) is 0 Å². The number of aromatic nitrogens is 1. The number of fused-ring (bicyclic) bond motifs is 1. The van der Waals surface area contributed by atoms with E-state index in [0.29, 0.717) is 13.1 Å². The monoisotopic (exact) mass is 356 g/mol. The smallest absolute Gasteiger partial charge is 0.315 e. The Hall–Kier alpha value is -2.31. The average molecular weight is 356 g/mol. The minimum absolute atomic E-state index is 0.110. The lowest BCUT2D eigenvalue weighted by molar-refractivity contribution is 0.232. The standard InChI is InChI=1S/C19H24N4OS/c1-22(2)18(12-21-19(24)20-11-14-7-6-10-25-14)16-13-23(3)17-9-5-4-8-15(16)17/h4-10,13,18H,11-12H2,1-3H3,(H2,20,21,24)/t18-/m1/s1. The van der Waals surface area contributed by atoms with Crippen LogP contribution in [0, 0.1) is 0 Å². The predicted molar refractivity (Wildman–Crippen MR) is 104 cm³/mol. The molecule has 5 nitrogen and oxygen atoms in total. The first-order valence-electron chi connectivity index (χ1n) is 8.30. The molecule has 1 atom stereocenters. The van der Waals surface area contributed by atoms with Gasteiger partial charge in [0.1, 0.15) is 0 Å². The Balaban J connectivity index is 1.68. The fraction of sp³-hybridized carbons (Fsp3) is 0.316. The Morgan fingerprint density at radius 1 is 1.20 bits per heavy atom. The highest BCUT2D eigenvalue weighted by atomic mass is 32.1. The zero-order chi connectivity index (χ0) is 17.8. The number of likely N-dealkylation sites (N-methyl/N-ethyl adjacent to an activating group) is 1. The molecule has 0 fully saturated rings. The molecule has 6 heteroatoms. The summed E-state index contributed by atoms with van der Waals surface area (Å²) in [5, 5.41) is 9.15. The van der Waals surface area contributed by atoms with Crippen LogP contribution in [0.25, 0.3) is 10.9 Å². The van der Waals surface area contributed by atoms with Crippen molar-refractivity contribution in [2.45, 2.75) is 12.6 Å². The van der Waals surface area contributed by atoms with Gasteiger partial charge in [-0.1, -0.05) is 24.3 Å². The minimum atomic E-state index is -0.138. The lowest BCUT2D eigenvalue weighted by Crippen LogP contribution is -2.40. The molecular weight excluding hydrogens is 332 g/mol. The van der Waals surface area contributed by atoms with E-state index in [1.807, 2.05) is 37.7 Å². The summed E-state index contributed by atoms with van der Waals surface area (Å²) < 4.78 is 2.14. The largest absolute Gasteiger partial charge is 0.350 e. The number of carbonyl (C=O) groups excluding carboxylic acids is 1. The summed E-state index contributed by atoms with van der Waals surface area (Å²) in [6.07, 6.45) is 2.15. The summed E-state index contributed by atoms with van der Waals surface area (Å²) in [6, 6.07) is 12.3. The van der Waals surface area contributed by atoms with Crippen LogP contribution >= 0.6 is 11.3 Å². The molecule has 0 unspecified atom stereocenters. The number of nitrogens with zero attached hydrogens (tertiary/aromatic N) is 2. The van der Waals surface area contributed by atoms with Gasteiger partial charge in [0.25, 0.3) is 0 Å². The molecule has 0 saturated carbocycles. The zero-order valence-electron chi connectivity index (χ0n) is 14.8. The van der Waals surface area contributed by atoms with Crippen molar-refractivity contribution >= 4 is 28.3 Å². The maximum atomic E-state index is 12.1. The molecule has 2 aromatic heterocycles. The molecular formula is C19H24N4OS. The van der Waals surface area contributed by atoms with Crippen LogP contribution in [0.5, 0.6) is 0 Å². The van der Waals surface area contributed by atoms with Gasteiger partial charge in [0.2, 0.25) is 0 Å². The van der Waals surface area contributed by atoms with E-state index in [4.69, 9.17) is 0 Å². The van der Waals surface area contributed by atoms with Gasteiger partial charge in [-0.15, -0.1) is 11.3 Å². The summed E-state index contributed by atoms with van der Waals surface area (Å²) in [6.45, 7) is 1.11. The Bertz CT molecular complexity index is 838. The molecule has 0 saturated heterocycles. The molecule has 25 heavy (non-hydrogen) atoms. The number of nitrogens with one attached hydrogen (secondary N) is 2. The summed E-state index contributed by atoms with van der Waals surface area (Å²) in [7, 11) is 6.13. The maximum Gasteiger partial charge on any atom is 0.315 e. The van der Waals surface area contributed by atoms with Gasteiger partial charge in [-0.05, 0) is 37.2 Å². The number of carbonyl (C=O) groups is 1. The highest BCUT2D eigenvalue weighted by molar-refractivity contribution is 7.09. The number of rotatable bonds is 6. The molecule has 0 aliphatic rings. The molecule has 0 aliphatic heterocycles. The van der Waals surface area contributed by atoms with Crippen LogP contribution in [0.1, 0.15) is 16.5 Å². The zero-order valence-corrected chi connectivity index (χ0v) is 15.6. The van der Waals surface area contributed by atoms with Crippen LogP contribution in [0.4, 0.5) is 4.79 Å². The van der Waals surface area contributed by atoms with Crippen molar-refractivity contribution in [1.29, 1.82) is 0 Å². The Labute approximate surface area is 152 Å². The fourth-order valence-electron chi connectivity index (χ4n) is 3.04. The Kier molecular flexibility index (Phi) is 5.40. The van der Waals surface area contributed by atoms with Gasteiger partial charge in [0, 0.05) is 35.6 Å². The first kappa shape index (κ1) is 17.5. The normalized spacial score (nSPS) is 12.5. The molecule has 2 N–H and O–H groups in total. The van der Waals surface area contributed by atoms with E-state index in [1.54, 1.807) is 11.3 Å². The molecule has 2 heterocycles. The van der Waals surface area contributed by atoms with E-state index in [0.717, 1.165) is 4.88 Å². The third-order valence-corrected chi connectivity index (χ3v) is 5.25. The molecule has 1 aromatic carbocycles. The van der Waals surface area contributed by atoms with Crippen molar-refractivity contribution in [2.75, 3.05) is 20.6 Å². The molecule has 0 spiro atoms. The van der Waals surface area contributed by atoms with E-state index >= 15 is 0 Å². The summed E-state index contributed by atoms with van der Waals surface area (Å²) in [4.78, 5) is 15.4. The molecule has 132 valence electrons.